The highest BCUT2D eigenvalue weighted by Crippen LogP contribution is 2.36. The SMILES string of the molecule is NC(=S)c1cccc(CN2CCC3CCCCC3C2)c1. The van der Waals surface area contributed by atoms with Crippen LogP contribution in [0.4, 0.5) is 0 Å². The van der Waals surface area contributed by atoms with Crippen molar-refractivity contribution in [2.75, 3.05) is 13.1 Å². The summed E-state index contributed by atoms with van der Waals surface area (Å²) < 4.78 is 0. The molecule has 2 atom stereocenters. The van der Waals surface area contributed by atoms with Crippen LogP contribution in [0.1, 0.15) is 43.2 Å². The fourth-order valence-corrected chi connectivity index (χ4v) is 4.03. The van der Waals surface area contributed by atoms with E-state index in [2.05, 4.69) is 23.1 Å². The van der Waals surface area contributed by atoms with Gasteiger partial charge in [-0.15, -0.1) is 0 Å². The van der Waals surface area contributed by atoms with Crippen LogP contribution in [0.15, 0.2) is 24.3 Å². The number of benzene rings is 1. The molecule has 3 rings (SSSR count). The van der Waals surface area contributed by atoms with Crippen LogP contribution in [0.25, 0.3) is 0 Å². The van der Waals surface area contributed by atoms with Gasteiger partial charge in [-0.05, 0) is 42.9 Å². The molecule has 2 fully saturated rings. The molecule has 1 saturated heterocycles. The van der Waals surface area contributed by atoms with Gasteiger partial charge in [0.2, 0.25) is 0 Å². The van der Waals surface area contributed by atoms with Crippen LogP contribution in [-0.4, -0.2) is 23.0 Å². The third kappa shape index (κ3) is 3.21. The maximum atomic E-state index is 5.72. The van der Waals surface area contributed by atoms with Crippen molar-refractivity contribution >= 4 is 17.2 Å². The van der Waals surface area contributed by atoms with E-state index in [1.54, 1.807) is 0 Å². The normalized spacial score (nSPS) is 27.0. The molecule has 1 aliphatic carbocycles. The molecule has 0 spiro atoms. The van der Waals surface area contributed by atoms with Gasteiger partial charge in [0.25, 0.3) is 0 Å². The molecule has 0 aromatic heterocycles. The smallest absolute Gasteiger partial charge is 0.103 e. The molecule has 1 heterocycles. The summed E-state index contributed by atoms with van der Waals surface area (Å²) in [5.41, 5.74) is 8.05. The molecule has 1 saturated carbocycles. The van der Waals surface area contributed by atoms with Gasteiger partial charge in [0, 0.05) is 18.7 Å². The Bertz CT molecular complexity index is 486. The van der Waals surface area contributed by atoms with Crippen molar-refractivity contribution in [3.8, 4) is 0 Å². The Morgan fingerprint density at radius 3 is 2.80 bits per heavy atom. The summed E-state index contributed by atoms with van der Waals surface area (Å²) >= 11 is 5.07. The van der Waals surface area contributed by atoms with E-state index in [0.29, 0.717) is 4.99 Å². The van der Waals surface area contributed by atoms with Gasteiger partial charge in [0.15, 0.2) is 0 Å². The predicted molar refractivity (Wildman–Crippen MR) is 87.7 cm³/mol. The standard InChI is InChI=1S/C17H24N2S/c18-17(20)15-7-3-4-13(10-15)11-19-9-8-14-5-1-2-6-16(14)12-19/h3-4,7,10,14,16H,1-2,5-6,8-9,11-12H2,(H2,18,20). The predicted octanol–water partition coefficient (Wildman–Crippen LogP) is 3.33. The molecule has 2 N–H and O–H groups in total. The van der Waals surface area contributed by atoms with Gasteiger partial charge < -0.3 is 5.73 Å². The zero-order valence-corrected chi connectivity index (χ0v) is 12.9. The molecule has 0 amide bonds. The topological polar surface area (TPSA) is 29.3 Å². The molecular weight excluding hydrogens is 264 g/mol. The largest absolute Gasteiger partial charge is 0.389 e. The monoisotopic (exact) mass is 288 g/mol. The highest BCUT2D eigenvalue weighted by atomic mass is 32.1. The first kappa shape index (κ1) is 14.0. The fraction of sp³-hybridized carbons (Fsp3) is 0.588. The van der Waals surface area contributed by atoms with E-state index in [-0.39, 0.29) is 0 Å². The molecule has 2 aliphatic rings. The summed E-state index contributed by atoms with van der Waals surface area (Å²) in [6.07, 6.45) is 7.19. The summed E-state index contributed by atoms with van der Waals surface area (Å²) in [6.45, 7) is 3.57. The van der Waals surface area contributed by atoms with E-state index in [4.69, 9.17) is 18.0 Å². The van der Waals surface area contributed by atoms with E-state index < -0.39 is 0 Å². The molecule has 108 valence electrons. The second kappa shape index (κ2) is 6.23. The Labute approximate surface area is 127 Å². The van der Waals surface area contributed by atoms with E-state index in [0.717, 1.165) is 23.9 Å². The van der Waals surface area contributed by atoms with E-state index >= 15 is 0 Å². The summed E-state index contributed by atoms with van der Waals surface area (Å²) in [4.78, 5) is 3.11. The van der Waals surface area contributed by atoms with Crippen LogP contribution < -0.4 is 5.73 Å². The molecule has 0 bridgehead atoms. The van der Waals surface area contributed by atoms with Crippen molar-refractivity contribution in [3.63, 3.8) is 0 Å². The highest BCUT2D eigenvalue weighted by Gasteiger charge is 2.30. The maximum Gasteiger partial charge on any atom is 0.103 e. The van der Waals surface area contributed by atoms with Gasteiger partial charge in [-0.2, -0.15) is 0 Å². The van der Waals surface area contributed by atoms with Crippen molar-refractivity contribution in [2.45, 2.75) is 38.6 Å². The third-order valence-corrected chi connectivity index (χ3v) is 5.23. The van der Waals surface area contributed by atoms with Crippen LogP contribution in [0.3, 0.4) is 0 Å². The van der Waals surface area contributed by atoms with Crippen molar-refractivity contribution in [1.29, 1.82) is 0 Å². The van der Waals surface area contributed by atoms with E-state index in [1.807, 2.05) is 6.07 Å². The number of rotatable bonds is 3. The van der Waals surface area contributed by atoms with Crippen LogP contribution in [-0.2, 0) is 6.54 Å². The zero-order valence-electron chi connectivity index (χ0n) is 12.1. The second-order valence-electron chi connectivity index (χ2n) is 6.39. The van der Waals surface area contributed by atoms with Crippen molar-refractivity contribution in [1.82, 2.24) is 4.90 Å². The van der Waals surface area contributed by atoms with Gasteiger partial charge in [0.05, 0.1) is 0 Å². The number of nitrogens with two attached hydrogens (primary N) is 1. The average Bonchev–Trinajstić information content (AvgIpc) is 2.47. The van der Waals surface area contributed by atoms with E-state index in [1.165, 1.54) is 50.8 Å². The van der Waals surface area contributed by atoms with Crippen LogP contribution in [0.5, 0.6) is 0 Å². The summed E-state index contributed by atoms with van der Waals surface area (Å²) in [6, 6.07) is 8.40. The van der Waals surface area contributed by atoms with E-state index in [9.17, 15) is 0 Å². The van der Waals surface area contributed by atoms with Gasteiger partial charge in [-0.25, -0.2) is 0 Å². The number of piperidine rings is 1. The van der Waals surface area contributed by atoms with Crippen LogP contribution in [0.2, 0.25) is 0 Å². The number of hydrogen-bond donors (Lipinski definition) is 1. The lowest BCUT2D eigenvalue weighted by molar-refractivity contribution is 0.0820. The molecule has 1 aromatic rings. The lowest BCUT2D eigenvalue weighted by Crippen LogP contribution is -2.41. The van der Waals surface area contributed by atoms with Gasteiger partial charge in [-0.1, -0.05) is 49.7 Å². The first-order valence-electron chi connectivity index (χ1n) is 7.83. The molecular formula is C17H24N2S. The summed E-state index contributed by atoms with van der Waals surface area (Å²) in [7, 11) is 0. The minimum absolute atomic E-state index is 0.498. The lowest BCUT2D eigenvalue weighted by atomic mass is 9.75. The number of likely N-dealkylation sites (tertiary alicyclic amines) is 1. The minimum atomic E-state index is 0.498. The minimum Gasteiger partial charge on any atom is -0.389 e. The molecule has 1 aliphatic heterocycles. The number of nitrogens with zero attached hydrogens (tertiary/aromatic N) is 1. The van der Waals surface area contributed by atoms with Crippen molar-refractivity contribution in [3.05, 3.63) is 35.4 Å². The summed E-state index contributed by atoms with van der Waals surface area (Å²) in [5.74, 6) is 1.94. The molecule has 0 radical (unpaired) electrons. The maximum absolute atomic E-state index is 5.72. The Kier molecular flexibility index (Phi) is 4.37. The number of fused-ring (bicyclic) bond motifs is 1. The Balaban J connectivity index is 1.63. The van der Waals surface area contributed by atoms with Crippen molar-refractivity contribution in [2.24, 2.45) is 17.6 Å². The molecule has 2 nitrogen and oxygen atoms in total. The Morgan fingerprint density at radius 1 is 1.20 bits per heavy atom. The van der Waals surface area contributed by atoms with Crippen LogP contribution in [0, 0.1) is 11.8 Å². The van der Waals surface area contributed by atoms with Crippen molar-refractivity contribution < 1.29 is 0 Å². The molecule has 20 heavy (non-hydrogen) atoms. The Morgan fingerprint density at radius 2 is 2.00 bits per heavy atom. The summed E-state index contributed by atoms with van der Waals surface area (Å²) in [5, 5.41) is 0. The Hall–Kier alpha value is -0.930. The second-order valence-corrected chi connectivity index (χ2v) is 6.83. The first-order chi connectivity index (χ1) is 9.72. The first-order valence-corrected chi connectivity index (χ1v) is 8.24. The fourth-order valence-electron chi connectivity index (χ4n) is 3.90. The third-order valence-electron chi connectivity index (χ3n) is 4.99. The van der Waals surface area contributed by atoms with Crippen LogP contribution >= 0.6 is 12.2 Å². The lowest BCUT2D eigenvalue weighted by Gasteiger charge is -2.41. The average molecular weight is 288 g/mol. The number of hydrogen-bond acceptors (Lipinski definition) is 2. The van der Waals surface area contributed by atoms with Gasteiger partial charge in [0.1, 0.15) is 4.99 Å². The van der Waals surface area contributed by atoms with Gasteiger partial charge >= 0.3 is 0 Å². The quantitative estimate of drug-likeness (QED) is 0.865. The molecule has 3 heteroatoms. The highest BCUT2D eigenvalue weighted by molar-refractivity contribution is 7.80. The van der Waals surface area contributed by atoms with Gasteiger partial charge in [-0.3, -0.25) is 4.90 Å². The molecule has 2 unspecified atom stereocenters. The molecule has 1 aromatic carbocycles. The number of thiocarbonyl (C=S) groups is 1. The zero-order chi connectivity index (χ0) is 13.9.